The van der Waals surface area contributed by atoms with E-state index >= 15 is 0 Å². The van der Waals surface area contributed by atoms with Gasteiger partial charge in [0.2, 0.25) is 0 Å². The predicted octanol–water partition coefficient (Wildman–Crippen LogP) is 4.98. The van der Waals surface area contributed by atoms with Gasteiger partial charge >= 0.3 is 0 Å². The molecule has 2 rings (SSSR count). The van der Waals surface area contributed by atoms with Crippen LogP contribution in [0.15, 0.2) is 42.5 Å². The molecule has 0 aliphatic rings. The highest BCUT2D eigenvalue weighted by Crippen LogP contribution is 2.25. The maximum Gasteiger partial charge on any atom is 0.127 e. The van der Waals surface area contributed by atoms with Crippen LogP contribution in [0.5, 0.6) is 0 Å². The van der Waals surface area contributed by atoms with Crippen molar-refractivity contribution >= 4 is 34.2 Å². The van der Waals surface area contributed by atoms with Gasteiger partial charge < -0.3 is 5.32 Å². The molecule has 0 amide bonds. The molecule has 0 saturated carbocycles. The molecule has 1 atom stereocenters. The fourth-order valence-corrected chi connectivity index (χ4v) is 3.13. The van der Waals surface area contributed by atoms with E-state index in [9.17, 15) is 4.39 Å². The third kappa shape index (κ3) is 3.93. The summed E-state index contributed by atoms with van der Waals surface area (Å²) in [6.07, 6.45) is 0.608. The molecule has 20 heavy (non-hydrogen) atoms. The highest BCUT2D eigenvalue weighted by atomic mass is 127. The van der Waals surface area contributed by atoms with Crippen LogP contribution in [0.1, 0.15) is 24.1 Å². The summed E-state index contributed by atoms with van der Waals surface area (Å²) >= 11 is 8.12. The third-order valence-electron chi connectivity index (χ3n) is 3.17. The summed E-state index contributed by atoms with van der Waals surface area (Å²) in [5, 5.41) is 3.86. The maximum absolute atomic E-state index is 14.0. The van der Waals surface area contributed by atoms with E-state index in [1.807, 2.05) is 12.1 Å². The molecule has 1 nitrogen and oxygen atoms in total. The summed E-state index contributed by atoms with van der Waals surface area (Å²) in [5.41, 5.74) is 1.88. The van der Waals surface area contributed by atoms with Gasteiger partial charge in [0.25, 0.3) is 0 Å². The van der Waals surface area contributed by atoms with Crippen LogP contribution >= 0.6 is 34.2 Å². The smallest absolute Gasteiger partial charge is 0.127 e. The van der Waals surface area contributed by atoms with Crippen LogP contribution in [-0.4, -0.2) is 6.54 Å². The van der Waals surface area contributed by atoms with Gasteiger partial charge in [0.05, 0.1) is 0 Å². The minimum absolute atomic E-state index is 0.101. The van der Waals surface area contributed by atoms with Gasteiger partial charge in [-0.15, -0.1) is 0 Å². The summed E-state index contributed by atoms with van der Waals surface area (Å²) < 4.78 is 15.1. The Morgan fingerprint density at radius 3 is 2.65 bits per heavy atom. The lowest BCUT2D eigenvalue weighted by Gasteiger charge is -2.20. The monoisotopic (exact) mass is 403 g/mol. The van der Waals surface area contributed by atoms with E-state index in [1.165, 1.54) is 15.2 Å². The van der Waals surface area contributed by atoms with Crippen molar-refractivity contribution in [2.45, 2.75) is 19.4 Å². The number of rotatable bonds is 5. The Morgan fingerprint density at radius 1 is 1.25 bits per heavy atom. The summed E-state index contributed by atoms with van der Waals surface area (Å²) in [6.45, 7) is 2.89. The molecular formula is C16H16ClFIN. The van der Waals surface area contributed by atoms with Crippen LogP contribution in [0.25, 0.3) is 0 Å². The first-order valence-electron chi connectivity index (χ1n) is 6.53. The molecule has 1 unspecified atom stereocenters. The van der Waals surface area contributed by atoms with E-state index < -0.39 is 0 Å². The summed E-state index contributed by atoms with van der Waals surface area (Å²) in [5.74, 6) is -0.244. The molecule has 0 bridgehead atoms. The average molecular weight is 404 g/mol. The molecule has 1 N–H and O–H groups in total. The van der Waals surface area contributed by atoms with Crippen molar-refractivity contribution < 1.29 is 4.39 Å². The second-order valence-corrected chi connectivity index (χ2v) is 6.17. The van der Waals surface area contributed by atoms with Crippen LogP contribution < -0.4 is 5.32 Å². The molecule has 0 spiro atoms. The van der Waals surface area contributed by atoms with E-state index in [4.69, 9.17) is 11.6 Å². The van der Waals surface area contributed by atoms with Gasteiger partial charge in [-0.3, -0.25) is 0 Å². The normalized spacial score (nSPS) is 12.4. The molecule has 106 valence electrons. The van der Waals surface area contributed by atoms with Gasteiger partial charge in [-0.05, 0) is 64.9 Å². The number of benzene rings is 2. The molecule has 2 aromatic carbocycles. The van der Waals surface area contributed by atoms with Gasteiger partial charge in [0.15, 0.2) is 0 Å². The zero-order chi connectivity index (χ0) is 14.5. The predicted molar refractivity (Wildman–Crippen MR) is 90.7 cm³/mol. The van der Waals surface area contributed by atoms with E-state index in [2.05, 4.69) is 47.0 Å². The summed E-state index contributed by atoms with van der Waals surface area (Å²) in [6, 6.07) is 13.1. The van der Waals surface area contributed by atoms with Crippen LogP contribution in [0, 0.1) is 9.39 Å². The zero-order valence-corrected chi connectivity index (χ0v) is 14.1. The van der Waals surface area contributed by atoms with Crippen LogP contribution in [0.3, 0.4) is 0 Å². The Bertz CT molecular complexity index is 588. The molecular weight excluding hydrogens is 388 g/mol. The van der Waals surface area contributed by atoms with Gasteiger partial charge in [-0.1, -0.05) is 42.8 Å². The molecule has 0 saturated heterocycles. The standard InChI is InChI=1S/C16H16ClFIN/c1-2-20-16(13-5-3-4-6-15(13)19)9-11-7-8-12(17)10-14(11)18/h3-8,10,16,20H,2,9H2,1H3. The minimum Gasteiger partial charge on any atom is -0.310 e. The van der Waals surface area contributed by atoms with Crippen molar-refractivity contribution in [2.24, 2.45) is 0 Å². The maximum atomic E-state index is 14.0. The first-order chi connectivity index (χ1) is 9.61. The van der Waals surface area contributed by atoms with Crippen LogP contribution in [0.4, 0.5) is 4.39 Å². The van der Waals surface area contributed by atoms with Gasteiger partial charge in [-0.25, -0.2) is 4.39 Å². The Hall–Kier alpha value is -0.650. The van der Waals surface area contributed by atoms with Crippen molar-refractivity contribution in [3.63, 3.8) is 0 Å². The number of nitrogens with one attached hydrogen (secondary N) is 1. The second kappa shape index (κ2) is 7.38. The van der Waals surface area contributed by atoms with Crippen LogP contribution in [0.2, 0.25) is 5.02 Å². The average Bonchev–Trinajstić information content (AvgIpc) is 2.42. The van der Waals surface area contributed by atoms with Crippen molar-refractivity contribution in [1.29, 1.82) is 0 Å². The highest BCUT2D eigenvalue weighted by Gasteiger charge is 2.16. The highest BCUT2D eigenvalue weighted by molar-refractivity contribution is 14.1. The minimum atomic E-state index is -0.244. The number of hydrogen-bond donors (Lipinski definition) is 1. The third-order valence-corrected chi connectivity index (χ3v) is 4.39. The van der Waals surface area contributed by atoms with Gasteiger partial charge in [0.1, 0.15) is 5.82 Å². The van der Waals surface area contributed by atoms with E-state index in [1.54, 1.807) is 12.1 Å². The summed E-state index contributed by atoms with van der Waals surface area (Å²) in [4.78, 5) is 0. The van der Waals surface area contributed by atoms with Gasteiger partial charge in [0, 0.05) is 14.6 Å². The topological polar surface area (TPSA) is 12.0 Å². The Labute approximate surface area is 137 Å². The SMILES string of the molecule is CCNC(Cc1ccc(Cl)cc1F)c1ccccc1I. The first-order valence-corrected chi connectivity index (χ1v) is 7.99. The Balaban J connectivity index is 2.28. The molecule has 0 aliphatic carbocycles. The van der Waals surface area contributed by atoms with E-state index in [0.29, 0.717) is 17.0 Å². The lowest BCUT2D eigenvalue weighted by Crippen LogP contribution is -2.24. The number of halogens is 3. The molecule has 2 aromatic rings. The lowest BCUT2D eigenvalue weighted by molar-refractivity contribution is 0.526. The first kappa shape index (κ1) is 15.7. The molecule has 0 aliphatic heterocycles. The van der Waals surface area contributed by atoms with Crippen molar-refractivity contribution in [3.8, 4) is 0 Å². The number of likely N-dealkylation sites (N-methyl/N-ethyl adjacent to an activating group) is 1. The Morgan fingerprint density at radius 2 is 2.00 bits per heavy atom. The van der Waals surface area contributed by atoms with Crippen LogP contribution in [-0.2, 0) is 6.42 Å². The van der Waals surface area contributed by atoms with Gasteiger partial charge in [-0.2, -0.15) is 0 Å². The van der Waals surface area contributed by atoms with E-state index in [-0.39, 0.29) is 11.9 Å². The van der Waals surface area contributed by atoms with Crippen molar-refractivity contribution in [3.05, 3.63) is 68.0 Å². The molecule has 0 heterocycles. The largest absolute Gasteiger partial charge is 0.310 e. The summed E-state index contributed by atoms with van der Waals surface area (Å²) in [7, 11) is 0. The quantitative estimate of drug-likeness (QED) is 0.695. The van der Waals surface area contributed by atoms with Crippen molar-refractivity contribution in [1.82, 2.24) is 5.32 Å². The molecule has 0 fully saturated rings. The number of hydrogen-bond acceptors (Lipinski definition) is 1. The lowest BCUT2D eigenvalue weighted by atomic mass is 9.98. The fourth-order valence-electron chi connectivity index (χ4n) is 2.20. The van der Waals surface area contributed by atoms with E-state index in [0.717, 1.165) is 6.54 Å². The fraction of sp³-hybridized carbons (Fsp3) is 0.250. The molecule has 4 heteroatoms. The Kier molecular flexibility index (Phi) is 5.81. The molecule has 0 radical (unpaired) electrons. The molecule has 0 aromatic heterocycles. The second-order valence-electron chi connectivity index (χ2n) is 4.57. The zero-order valence-electron chi connectivity index (χ0n) is 11.2. The van der Waals surface area contributed by atoms with Crippen molar-refractivity contribution in [2.75, 3.05) is 6.54 Å².